The number of nitrogens with one attached hydrogen (secondary N) is 2. The summed E-state index contributed by atoms with van der Waals surface area (Å²) in [5.74, 6) is -2.90. The quantitative estimate of drug-likeness (QED) is 0.337. The summed E-state index contributed by atoms with van der Waals surface area (Å²) in [7, 11) is 0. The van der Waals surface area contributed by atoms with Crippen molar-refractivity contribution in [2.24, 2.45) is 0 Å². The molecule has 5 rings (SSSR count). The van der Waals surface area contributed by atoms with Gasteiger partial charge in [-0.05, 0) is 61.9 Å². The summed E-state index contributed by atoms with van der Waals surface area (Å²) in [4.78, 5) is 39.5. The number of imidazole rings is 1. The minimum absolute atomic E-state index is 0.00767. The van der Waals surface area contributed by atoms with Crippen molar-refractivity contribution < 1.29 is 37.5 Å². The van der Waals surface area contributed by atoms with Gasteiger partial charge in [0.15, 0.2) is 11.3 Å². The van der Waals surface area contributed by atoms with Gasteiger partial charge in [-0.25, -0.2) is 9.59 Å². The van der Waals surface area contributed by atoms with Crippen molar-refractivity contribution in [1.82, 2.24) is 20.2 Å². The predicted molar refractivity (Wildman–Crippen MR) is 131 cm³/mol. The van der Waals surface area contributed by atoms with E-state index in [4.69, 9.17) is 9.57 Å². The number of carbonyl (C=O) groups is 1. The van der Waals surface area contributed by atoms with Crippen LogP contribution in [0.4, 0.5) is 13.2 Å². The van der Waals surface area contributed by atoms with Gasteiger partial charge in [0, 0.05) is 16.6 Å². The number of aromatic nitrogens is 3. The lowest BCUT2D eigenvalue weighted by molar-refractivity contribution is -0.201. The largest absolute Gasteiger partial charge is 0.493 e. The molecule has 4 aromatic rings. The maximum atomic E-state index is 12.7. The molecule has 0 amide bonds. The van der Waals surface area contributed by atoms with Crippen molar-refractivity contribution in [1.29, 1.82) is 0 Å². The number of aromatic hydroxyl groups is 1. The van der Waals surface area contributed by atoms with Crippen molar-refractivity contribution in [2.45, 2.75) is 32.2 Å². The highest BCUT2D eigenvalue weighted by Gasteiger charge is 2.45. The van der Waals surface area contributed by atoms with Crippen molar-refractivity contribution in [2.75, 3.05) is 0 Å². The van der Waals surface area contributed by atoms with Crippen LogP contribution in [0.5, 0.6) is 11.6 Å². The van der Waals surface area contributed by atoms with Crippen LogP contribution < -0.4 is 20.7 Å². The van der Waals surface area contributed by atoms with Gasteiger partial charge in [-0.15, -0.1) is 4.73 Å². The molecule has 3 N–H and O–H groups in total. The zero-order valence-electron chi connectivity index (χ0n) is 20.5. The molecule has 0 fully saturated rings. The molecule has 39 heavy (non-hydrogen) atoms. The summed E-state index contributed by atoms with van der Waals surface area (Å²) in [5.41, 5.74) is 2.79. The van der Waals surface area contributed by atoms with E-state index in [2.05, 4.69) is 15.3 Å². The van der Waals surface area contributed by atoms with E-state index in [0.717, 1.165) is 22.2 Å². The lowest BCUT2D eigenvalue weighted by Crippen LogP contribution is -2.40. The Labute approximate surface area is 218 Å². The van der Waals surface area contributed by atoms with Gasteiger partial charge in [-0.3, -0.25) is 20.3 Å². The predicted octanol–water partition coefficient (Wildman–Crippen LogP) is 3.63. The van der Waals surface area contributed by atoms with Crippen molar-refractivity contribution in [3.8, 4) is 11.6 Å². The fourth-order valence-electron chi connectivity index (χ4n) is 4.23. The van der Waals surface area contributed by atoms with Gasteiger partial charge in [-0.1, -0.05) is 18.2 Å². The Kier molecular flexibility index (Phi) is 6.30. The third kappa shape index (κ3) is 5.03. The normalized spacial score (nSPS) is 17.1. The molecule has 0 radical (unpaired) electrons. The van der Waals surface area contributed by atoms with Gasteiger partial charge in [0.1, 0.15) is 12.4 Å². The molecule has 13 heteroatoms. The second-order valence-electron chi connectivity index (χ2n) is 8.92. The Morgan fingerprint density at radius 2 is 1.90 bits per heavy atom. The highest BCUT2D eigenvalue weighted by atomic mass is 19.4. The Hall–Kier alpha value is -4.78. The number of halogens is 3. The van der Waals surface area contributed by atoms with E-state index in [1.54, 1.807) is 24.3 Å². The number of hydroxylamine groups is 1. The van der Waals surface area contributed by atoms with Gasteiger partial charge in [-0.2, -0.15) is 13.2 Å². The van der Waals surface area contributed by atoms with Gasteiger partial charge < -0.3 is 14.7 Å². The summed E-state index contributed by atoms with van der Waals surface area (Å²) < 4.78 is 44.1. The number of alkyl halides is 3. The van der Waals surface area contributed by atoms with Crippen LogP contribution in [0.2, 0.25) is 0 Å². The third-order valence-corrected chi connectivity index (χ3v) is 6.00. The number of pyridine rings is 1. The van der Waals surface area contributed by atoms with Gasteiger partial charge in [0.25, 0.3) is 0 Å². The number of ether oxygens (including phenoxy) is 1. The zero-order valence-corrected chi connectivity index (χ0v) is 20.5. The van der Waals surface area contributed by atoms with Crippen LogP contribution in [0.3, 0.4) is 0 Å². The molecular formula is C26H21F3N4O6. The molecule has 0 saturated carbocycles. The summed E-state index contributed by atoms with van der Waals surface area (Å²) in [6, 6.07) is 16.6. The molecule has 2 aromatic carbocycles. The molecule has 0 spiro atoms. The molecule has 202 valence electrons. The summed E-state index contributed by atoms with van der Waals surface area (Å²) >= 11 is 0. The lowest BCUT2D eigenvalue weighted by atomic mass is 10.00. The number of benzene rings is 2. The number of carbonyl (C=O) groups excluding carboxylic acids is 1. The summed E-state index contributed by atoms with van der Waals surface area (Å²) in [6.45, 7) is 3.58. The molecule has 0 aliphatic carbocycles. The number of aryl methyl sites for hydroxylation is 1. The first-order chi connectivity index (χ1) is 18.4. The molecule has 1 aliphatic rings. The number of H-pyrrole nitrogens is 1. The van der Waals surface area contributed by atoms with Crippen LogP contribution in [0.25, 0.3) is 16.6 Å². The molecule has 1 unspecified atom stereocenters. The average molecular weight is 542 g/mol. The highest BCUT2D eigenvalue weighted by molar-refractivity contribution is 5.82. The number of hydrogen-bond donors (Lipinski definition) is 3. The van der Waals surface area contributed by atoms with E-state index in [1.807, 2.05) is 42.2 Å². The Balaban J connectivity index is 1.35. The van der Waals surface area contributed by atoms with E-state index in [9.17, 15) is 27.9 Å². The Morgan fingerprint density at radius 3 is 2.62 bits per heavy atom. The average Bonchev–Trinajstić information content (AvgIpc) is 3.41. The molecule has 0 bridgehead atoms. The molecular weight excluding hydrogens is 521 g/mol. The number of hydrogen-bond acceptors (Lipinski definition) is 8. The zero-order chi connectivity index (χ0) is 27.9. The topological polar surface area (TPSA) is 128 Å². The minimum atomic E-state index is -5.37. The fraction of sp³-hybridized carbons (Fsp3) is 0.192. The number of nitrogens with zero attached hydrogens (tertiary/aromatic N) is 2. The third-order valence-electron chi connectivity index (χ3n) is 6.00. The highest BCUT2D eigenvalue weighted by Crippen LogP contribution is 2.37. The van der Waals surface area contributed by atoms with Gasteiger partial charge in [0.2, 0.25) is 5.88 Å². The molecule has 0 saturated heterocycles. The molecule has 2 aromatic heterocycles. The first-order valence-electron chi connectivity index (χ1n) is 11.5. The van der Waals surface area contributed by atoms with Crippen LogP contribution in [0.1, 0.15) is 29.4 Å². The molecule has 10 nitrogen and oxygen atoms in total. The van der Waals surface area contributed by atoms with Gasteiger partial charge in [0.05, 0.1) is 11.2 Å². The van der Waals surface area contributed by atoms with Crippen LogP contribution in [-0.4, -0.2) is 32.0 Å². The second kappa shape index (κ2) is 9.51. The SMILES string of the molecule is Cc1cc(COc2ccc(C3=CC(C)(c4c(O)[nH]c(=O)n4OC(=O)C(F)(F)F)ON3)cc2)c2ccccc2n1. The van der Waals surface area contributed by atoms with Crippen LogP contribution >= 0.6 is 0 Å². The van der Waals surface area contributed by atoms with Gasteiger partial charge >= 0.3 is 17.8 Å². The maximum absolute atomic E-state index is 12.7. The number of para-hydroxylation sites is 1. The smallest absolute Gasteiger partial charge is 0.493 e. The van der Waals surface area contributed by atoms with Crippen LogP contribution in [0.15, 0.2) is 65.5 Å². The van der Waals surface area contributed by atoms with Crippen LogP contribution in [0, 0.1) is 6.92 Å². The Morgan fingerprint density at radius 1 is 1.18 bits per heavy atom. The Bertz CT molecular complexity index is 1660. The number of rotatable bonds is 6. The molecule has 3 heterocycles. The van der Waals surface area contributed by atoms with Crippen molar-refractivity contribution >= 4 is 22.6 Å². The number of fused-ring (bicyclic) bond motifs is 1. The monoisotopic (exact) mass is 542 g/mol. The summed E-state index contributed by atoms with van der Waals surface area (Å²) in [6.07, 6.45) is -3.96. The van der Waals surface area contributed by atoms with E-state index in [-0.39, 0.29) is 4.73 Å². The second-order valence-corrected chi connectivity index (χ2v) is 8.92. The van der Waals surface area contributed by atoms with Crippen molar-refractivity contribution in [3.05, 3.63) is 93.7 Å². The molecule has 1 aliphatic heterocycles. The fourth-order valence-corrected chi connectivity index (χ4v) is 4.23. The minimum Gasteiger partial charge on any atom is -0.493 e. The first-order valence-corrected chi connectivity index (χ1v) is 11.5. The van der Waals surface area contributed by atoms with E-state index < -0.39 is 35.0 Å². The standard InChI is InChI=1S/C26H21F3N4O6/c1-14-11-16(18-5-3-4-6-19(18)30-14)13-37-17-9-7-15(8-10-17)20-12-25(2,39-32-20)21-22(34)31-24(36)33(21)38-23(35)26(27,28)29/h3-12,32,34H,13H2,1-2H3,(H,31,36). The van der Waals surface area contributed by atoms with E-state index >= 15 is 0 Å². The lowest BCUT2D eigenvalue weighted by Gasteiger charge is -2.20. The van der Waals surface area contributed by atoms with Crippen molar-refractivity contribution in [3.63, 3.8) is 0 Å². The molecule has 1 atom stereocenters. The number of aromatic amines is 1. The van der Waals surface area contributed by atoms with Crippen LogP contribution in [-0.2, 0) is 21.8 Å². The first kappa shape index (κ1) is 25.9. The summed E-state index contributed by atoms with van der Waals surface area (Å²) in [5, 5.41) is 11.2. The van der Waals surface area contributed by atoms with E-state index in [1.165, 1.54) is 13.0 Å². The van der Waals surface area contributed by atoms with E-state index in [0.29, 0.717) is 23.6 Å². The maximum Gasteiger partial charge on any atom is 0.493 e.